The Morgan fingerprint density at radius 1 is 0.963 bits per heavy atom. The molecule has 0 radical (unpaired) electrons. The van der Waals surface area contributed by atoms with Crippen molar-refractivity contribution >= 4 is 41.6 Å². The number of aromatic nitrogens is 3. The van der Waals surface area contributed by atoms with Gasteiger partial charge in [-0.15, -0.1) is 24.8 Å². The number of imidazole rings is 2. The second-order valence-corrected chi connectivity index (χ2v) is 8.44. The lowest BCUT2D eigenvalue weighted by Gasteiger charge is -2.27. The van der Waals surface area contributed by atoms with Crippen LogP contribution in [-0.2, 0) is 12.0 Å². The van der Waals surface area contributed by atoms with Gasteiger partial charge in [-0.25, -0.2) is 4.98 Å². The lowest BCUT2D eigenvalue weighted by atomic mass is 9.92. The number of para-hydroxylation sites is 2. The second kappa shape index (κ2) is 8.85. The van der Waals surface area contributed by atoms with Crippen molar-refractivity contribution in [2.45, 2.75) is 58.4 Å². The minimum absolute atomic E-state index is 0. The van der Waals surface area contributed by atoms with E-state index in [1.165, 1.54) is 56.5 Å². The minimum Gasteiger partial charge on any atom is -0.313 e. The molecule has 1 fully saturated rings. The van der Waals surface area contributed by atoms with Gasteiger partial charge in [0, 0.05) is 23.9 Å². The van der Waals surface area contributed by atoms with Gasteiger partial charge < -0.3 is 9.47 Å². The van der Waals surface area contributed by atoms with Crippen molar-refractivity contribution in [1.82, 2.24) is 18.9 Å². The summed E-state index contributed by atoms with van der Waals surface area (Å²) >= 11 is 0. The van der Waals surface area contributed by atoms with E-state index in [1.54, 1.807) is 0 Å². The Morgan fingerprint density at radius 2 is 1.67 bits per heavy atom. The summed E-state index contributed by atoms with van der Waals surface area (Å²) in [5.74, 6) is 1.09. The summed E-state index contributed by atoms with van der Waals surface area (Å²) in [6.07, 6.45) is 7.63. The summed E-state index contributed by atoms with van der Waals surface area (Å²) in [6.45, 7) is 11.7. The molecule has 0 amide bonds. The normalized spacial score (nSPS) is 15.7. The number of piperidine rings is 1. The third-order valence-corrected chi connectivity index (χ3v) is 5.43. The highest BCUT2D eigenvalue weighted by Gasteiger charge is 2.23. The first-order valence-electron chi connectivity index (χ1n) is 9.73. The molecule has 3 aromatic rings. The molecule has 2 aromatic heterocycles. The summed E-state index contributed by atoms with van der Waals surface area (Å²) in [6, 6.07) is 8.44. The Bertz CT molecular complexity index is 869. The van der Waals surface area contributed by atoms with Crippen LogP contribution >= 0.6 is 24.8 Å². The number of likely N-dealkylation sites (tertiary alicyclic amines) is 1. The van der Waals surface area contributed by atoms with E-state index < -0.39 is 0 Å². The fourth-order valence-corrected chi connectivity index (χ4v) is 4.10. The molecule has 0 N–H and O–H groups in total. The lowest BCUT2D eigenvalue weighted by Crippen LogP contribution is -2.31. The van der Waals surface area contributed by atoms with E-state index in [0.717, 1.165) is 17.8 Å². The average molecular weight is 411 g/mol. The van der Waals surface area contributed by atoms with Crippen molar-refractivity contribution in [2.75, 3.05) is 19.6 Å². The number of nitrogens with zero attached hydrogens (tertiary/aromatic N) is 4. The van der Waals surface area contributed by atoms with Crippen LogP contribution in [0.15, 0.2) is 30.5 Å². The van der Waals surface area contributed by atoms with E-state index in [4.69, 9.17) is 4.98 Å². The maximum atomic E-state index is 4.93. The van der Waals surface area contributed by atoms with Crippen molar-refractivity contribution in [3.8, 4) is 0 Å². The molecule has 4 rings (SSSR count). The summed E-state index contributed by atoms with van der Waals surface area (Å²) in [5.41, 5.74) is 3.78. The molecule has 27 heavy (non-hydrogen) atoms. The van der Waals surface area contributed by atoms with Crippen LogP contribution in [0.2, 0.25) is 0 Å². The molecule has 0 aliphatic carbocycles. The molecule has 0 unspecified atom stereocenters. The van der Waals surface area contributed by atoms with E-state index >= 15 is 0 Å². The van der Waals surface area contributed by atoms with Crippen LogP contribution in [-0.4, -0.2) is 38.5 Å². The fraction of sp³-hybridized carbons (Fsp3) is 0.571. The lowest BCUT2D eigenvalue weighted by molar-refractivity contribution is 0.222. The van der Waals surface area contributed by atoms with Crippen LogP contribution < -0.4 is 0 Å². The van der Waals surface area contributed by atoms with Crippen molar-refractivity contribution in [1.29, 1.82) is 0 Å². The highest BCUT2D eigenvalue weighted by molar-refractivity contribution is 5.85. The number of rotatable bonds is 4. The zero-order valence-corrected chi connectivity index (χ0v) is 18.3. The Labute approximate surface area is 174 Å². The van der Waals surface area contributed by atoms with Crippen LogP contribution in [0.4, 0.5) is 0 Å². The van der Waals surface area contributed by atoms with Gasteiger partial charge in [0.05, 0.1) is 11.0 Å². The van der Waals surface area contributed by atoms with Crippen LogP contribution in [0.25, 0.3) is 16.8 Å². The predicted molar refractivity (Wildman–Crippen MR) is 119 cm³/mol. The van der Waals surface area contributed by atoms with Crippen molar-refractivity contribution in [3.05, 3.63) is 36.2 Å². The molecule has 150 valence electrons. The maximum Gasteiger partial charge on any atom is 0.215 e. The predicted octanol–water partition coefficient (Wildman–Crippen LogP) is 5.31. The first kappa shape index (κ1) is 22.1. The van der Waals surface area contributed by atoms with Gasteiger partial charge in [0.15, 0.2) is 0 Å². The molecule has 6 heteroatoms. The van der Waals surface area contributed by atoms with Crippen molar-refractivity contribution in [2.24, 2.45) is 0 Å². The van der Waals surface area contributed by atoms with Crippen molar-refractivity contribution in [3.63, 3.8) is 0 Å². The topological polar surface area (TPSA) is 25.5 Å². The summed E-state index contributed by atoms with van der Waals surface area (Å²) in [7, 11) is 0. The molecule has 1 aliphatic heterocycles. The molecular weight excluding hydrogens is 379 g/mol. The number of hydrogen-bond acceptors (Lipinski definition) is 2. The molecule has 0 bridgehead atoms. The first-order chi connectivity index (χ1) is 12.0. The Hall–Kier alpha value is -1.23. The second-order valence-electron chi connectivity index (χ2n) is 8.44. The molecule has 0 saturated carbocycles. The number of fused-ring (bicyclic) bond motifs is 3. The average Bonchev–Trinajstić information content (AvgIpc) is 3.12. The van der Waals surface area contributed by atoms with E-state index in [-0.39, 0.29) is 30.2 Å². The van der Waals surface area contributed by atoms with Gasteiger partial charge in [0.1, 0.15) is 0 Å². The van der Waals surface area contributed by atoms with Gasteiger partial charge in [-0.2, -0.15) is 0 Å². The van der Waals surface area contributed by atoms with Crippen molar-refractivity contribution < 1.29 is 0 Å². The number of aryl methyl sites for hydroxylation is 1. The quantitative estimate of drug-likeness (QED) is 0.582. The van der Waals surface area contributed by atoms with Gasteiger partial charge >= 0.3 is 0 Å². The monoisotopic (exact) mass is 410 g/mol. The SMILES string of the molecule is CC(C)(C)c1cn2c3ccccc3nc2n1CCCN1CCCCC1.Cl.Cl. The molecule has 0 atom stereocenters. The number of hydrogen-bond donors (Lipinski definition) is 0. The molecule has 1 aromatic carbocycles. The number of halogens is 2. The summed E-state index contributed by atoms with van der Waals surface area (Å²) in [4.78, 5) is 7.56. The smallest absolute Gasteiger partial charge is 0.215 e. The molecular formula is C21H32Cl2N4. The summed E-state index contributed by atoms with van der Waals surface area (Å²) < 4.78 is 4.72. The largest absolute Gasteiger partial charge is 0.313 e. The zero-order chi connectivity index (χ0) is 17.4. The first-order valence-corrected chi connectivity index (χ1v) is 9.73. The molecule has 0 spiro atoms. The Morgan fingerprint density at radius 3 is 2.37 bits per heavy atom. The highest BCUT2D eigenvalue weighted by atomic mass is 35.5. The molecule has 3 heterocycles. The van der Waals surface area contributed by atoms with E-state index in [9.17, 15) is 0 Å². The minimum atomic E-state index is 0. The fourth-order valence-electron chi connectivity index (χ4n) is 4.10. The third-order valence-electron chi connectivity index (χ3n) is 5.43. The summed E-state index contributed by atoms with van der Waals surface area (Å²) in [5, 5.41) is 0. The van der Waals surface area contributed by atoms with Gasteiger partial charge in [-0.05, 0) is 51.0 Å². The van der Waals surface area contributed by atoms with E-state index in [0.29, 0.717) is 0 Å². The molecule has 4 nitrogen and oxygen atoms in total. The zero-order valence-electron chi connectivity index (χ0n) is 16.6. The Balaban J connectivity index is 0.00000131. The van der Waals surface area contributed by atoms with E-state index in [2.05, 4.69) is 65.1 Å². The van der Waals surface area contributed by atoms with Crippen LogP contribution in [0.3, 0.4) is 0 Å². The van der Waals surface area contributed by atoms with Gasteiger partial charge in [-0.3, -0.25) is 4.40 Å². The highest BCUT2D eigenvalue weighted by Crippen LogP contribution is 2.28. The third kappa shape index (κ3) is 4.44. The van der Waals surface area contributed by atoms with Gasteiger partial charge in [0.25, 0.3) is 0 Å². The Kier molecular flexibility index (Phi) is 7.23. The van der Waals surface area contributed by atoms with Crippen LogP contribution in [0, 0.1) is 0 Å². The standard InChI is InChI=1S/C21H30N4.2ClH/c1-21(2,3)19-16-25-18-11-6-5-10-17(18)22-20(25)24(19)15-9-14-23-12-7-4-8-13-23;;/h5-6,10-11,16H,4,7-9,12-15H2,1-3H3;2*1H. The van der Waals surface area contributed by atoms with E-state index in [1.807, 2.05) is 0 Å². The molecule has 1 saturated heterocycles. The van der Waals surface area contributed by atoms with Crippen LogP contribution in [0.5, 0.6) is 0 Å². The molecule has 1 aliphatic rings. The van der Waals surface area contributed by atoms with Gasteiger partial charge in [-0.1, -0.05) is 39.3 Å². The maximum absolute atomic E-state index is 4.93. The van der Waals surface area contributed by atoms with Crippen LogP contribution in [0.1, 0.15) is 52.1 Å². The van der Waals surface area contributed by atoms with Gasteiger partial charge in [0.2, 0.25) is 5.78 Å². The number of benzene rings is 1.